The molecule has 1 aliphatic rings. The van der Waals surface area contributed by atoms with Crippen LogP contribution in [0.1, 0.15) is 24.1 Å². The van der Waals surface area contributed by atoms with Crippen LogP contribution >= 0.6 is 11.6 Å². The van der Waals surface area contributed by atoms with E-state index in [0.29, 0.717) is 11.8 Å². The molecule has 100 valence electrons. The van der Waals surface area contributed by atoms with E-state index < -0.39 is 0 Å². The van der Waals surface area contributed by atoms with E-state index in [1.165, 1.54) is 0 Å². The molecule has 18 heavy (non-hydrogen) atoms. The Bertz CT molecular complexity index is 394. The molecule has 0 amide bonds. The highest BCUT2D eigenvalue weighted by atomic mass is 35.5. The monoisotopic (exact) mass is 269 g/mol. The molecule has 0 bridgehead atoms. The van der Waals surface area contributed by atoms with Gasteiger partial charge in [0.25, 0.3) is 0 Å². The maximum atomic E-state index is 5.81. The van der Waals surface area contributed by atoms with Crippen molar-refractivity contribution in [2.24, 2.45) is 5.92 Å². The third-order valence-electron chi connectivity index (χ3n) is 3.43. The lowest BCUT2D eigenvalue weighted by Gasteiger charge is -2.27. The maximum absolute atomic E-state index is 5.81. The minimum absolute atomic E-state index is 0.468. The van der Waals surface area contributed by atoms with E-state index >= 15 is 0 Å². The molecule has 0 unspecified atom stereocenters. The average Bonchev–Trinajstić information content (AvgIpc) is 2.39. The quantitative estimate of drug-likeness (QED) is 0.787. The minimum Gasteiger partial charge on any atom is -0.381 e. The molecule has 1 aromatic rings. The Labute approximate surface area is 113 Å². The predicted molar refractivity (Wildman–Crippen MR) is 73.1 cm³/mol. The summed E-state index contributed by atoms with van der Waals surface area (Å²) < 4.78 is 5.37. The van der Waals surface area contributed by atoms with Crippen LogP contribution in [-0.2, 0) is 10.6 Å². The molecule has 2 rings (SSSR count). The van der Waals surface area contributed by atoms with E-state index in [1.807, 2.05) is 20.2 Å². The van der Waals surface area contributed by atoms with Crippen molar-refractivity contribution in [2.75, 3.05) is 31.7 Å². The normalized spacial score (nSPS) is 16.8. The Hall–Kier alpha value is -0.870. The number of aryl methyl sites for hydroxylation is 1. The summed E-state index contributed by atoms with van der Waals surface area (Å²) in [6.45, 7) is 4.72. The van der Waals surface area contributed by atoms with Crippen molar-refractivity contribution in [3.05, 3.63) is 17.5 Å². The minimum atomic E-state index is 0.468. The number of hydrogen-bond acceptors (Lipinski definition) is 4. The highest BCUT2D eigenvalue weighted by molar-refractivity contribution is 6.17. The van der Waals surface area contributed by atoms with Gasteiger partial charge in [-0.25, -0.2) is 9.97 Å². The molecule has 0 spiro atoms. The first-order chi connectivity index (χ1) is 8.70. The number of aromatic nitrogens is 2. The van der Waals surface area contributed by atoms with Crippen LogP contribution in [0.5, 0.6) is 0 Å². The molecule has 1 saturated heterocycles. The summed E-state index contributed by atoms with van der Waals surface area (Å²) in [6.07, 6.45) is 4.08. The van der Waals surface area contributed by atoms with Gasteiger partial charge in [-0.05, 0) is 25.7 Å². The molecule has 1 fully saturated rings. The lowest BCUT2D eigenvalue weighted by Crippen LogP contribution is -2.30. The van der Waals surface area contributed by atoms with Gasteiger partial charge in [-0.3, -0.25) is 0 Å². The fourth-order valence-corrected chi connectivity index (χ4v) is 2.46. The van der Waals surface area contributed by atoms with E-state index in [4.69, 9.17) is 16.3 Å². The van der Waals surface area contributed by atoms with Gasteiger partial charge in [0.2, 0.25) is 5.95 Å². The van der Waals surface area contributed by atoms with Crippen LogP contribution in [0.4, 0.5) is 5.95 Å². The van der Waals surface area contributed by atoms with Gasteiger partial charge in [0, 0.05) is 44.3 Å². The van der Waals surface area contributed by atoms with Crippen LogP contribution in [0, 0.1) is 12.8 Å². The van der Waals surface area contributed by atoms with E-state index in [9.17, 15) is 0 Å². The second-order valence-electron chi connectivity index (χ2n) is 4.85. The van der Waals surface area contributed by atoms with Crippen LogP contribution in [0.3, 0.4) is 0 Å². The van der Waals surface area contributed by atoms with Crippen molar-refractivity contribution in [1.29, 1.82) is 0 Å². The zero-order chi connectivity index (χ0) is 13.0. The van der Waals surface area contributed by atoms with Gasteiger partial charge >= 0.3 is 0 Å². The van der Waals surface area contributed by atoms with Gasteiger partial charge in [-0.1, -0.05) is 0 Å². The van der Waals surface area contributed by atoms with Crippen molar-refractivity contribution in [3.8, 4) is 0 Å². The number of halogens is 1. The molecule has 0 saturated carbocycles. The zero-order valence-electron chi connectivity index (χ0n) is 11.0. The number of anilines is 1. The fourth-order valence-electron chi connectivity index (χ4n) is 2.19. The summed E-state index contributed by atoms with van der Waals surface area (Å²) in [4.78, 5) is 11.0. The molecule has 5 heteroatoms. The Kier molecular flexibility index (Phi) is 4.78. The molecule has 0 N–H and O–H groups in total. The smallest absolute Gasteiger partial charge is 0.225 e. The summed E-state index contributed by atoms with van der Waals surface area (Å²) in [5.41, 5.74) is 1.97. The van der Waals surface area contributed by atoms with Gasteiger partial charge < -0.3 is 9.64 Å². The van der Waals surface area contributed by atoms with Gasteiger partial charge in [0.1, 0.15) is 0 Å². The molecule has 1 aromatic heterocycles. The van der Waals surface area contributed by atoms with Gasteiger partial charge in [-0.2, -0.15) is 0 Å². The van der Waals surface area contributed by atoms with E-state index in [-0.39, 0.29) is 0 Å². The van der Waals surface area contributed by atoms with Crippen molar-refractivity contribution in [3.63, 3.8) is 0 Å². The van der Waals surface area contributed by atoms with E-state index in [1.54, 1.807) is 0 Å². The summed E-state index contributed by atoms with van der Waals surface area (Å²) in [5, 5.41) is 0. The van der Waals surface area contributed by atoms with Crippen LogP contribution in [-0.4, -0.2) is 36.8 Å². The predicted octanol–water partition coefficient (Wildman–Crippen LogP) is 2.39. The first kappa shape index (κ1) is 13.6. The van der Waals surface area contributed by atoms with Crippen LogP contribution in [0.25, 0.3) is 0 Å². The first-order valence-electron chi connectivity index (χ1n) is 6.38. The topological polar surface area (TPSA) is 38.2 Å². The number of rotatable bonds is 4. The molecule has 0 aliphatic carbocycles. The van der Waals surface area contributed by atoms with E-state index in [2.05, 4.69) is 14.9 Å². The van der Waals surface area contributed by atoms with Crippen LogP contribution in [0.2, 0.25) is 0 Å². The molecule has 0 atom stereocenters. The SMILES string of the molecule is Cc1nc(N(C)CC2CCOCC2)ncc1CCl. The van der Waals surface area contributed by atoms with Crippen LogP contribution < -0.4 is 4.90 Å². The van der Waals surface area contributed by atoms with Crippen molar-refractivity contribution < 1.29 is 4.74 Å². The number of alkyl halides is 1. The van der Waals surface area contributed by atoms with Crippen molar-refractivity contribution in [1.82, 2.24) is 9.97 Å². The lowest BCUT2D eigenvalue weighted by molar-refractivity contribution is 0.0684. The third-order valence-corrected chi connectivity index (χ3v) is 3.71. The lowest BCUT2D eigenvalue weighted by atomic mass is 10.00. The highest BCUT2D eigenvalue weighted by Gasteiger charge is 2.17. The standard InChI is InChI=1S/C13H20ClN3O/c1-10-12(7-14)8-15-13(16-10)17(2)9-11-3-5-18-6-4-11/h8,11H,3-7,9H2,1-2H3. The molecule has 0 aromatic carbocycles. The second kappa shape index (κ2) is 6.34. The number of ether oxygens (including phenoxy) is 1. The van der Waals surface area contributed by atoms with Gasteiger partial charge in [0.15, 0.2) is 0 Å². The van der Waals surface area contributed by atoms with E-state index in [0.717, 1.165) is 49.8 Å². The maximum Gasteiger partial charge on any atom is 0.225 e. The zero-order valence-corrected chi connectivity index (χ0v) is 11.8. The van der Waals surface area contributed by atoms with Gasteiger partial charge in [0.05, 0.1) is 5.88 Å². The van der Waals surface area contributed by atoms with Gasteiger partial charge in [-0.15, -0.1) is 11.6 Å². The molecule has 0 radical (unpaired) electrons. The van der Waals surface area contributed by atoms with Crippen LogP contribution in [0.15, 0.2) is 6.20 Å². The molecule has 4 nitrogen and oxygen atoms in total. The largest absolute Gasteiger partial charge is 0.381 e. The third kappa shape index (κ3) is 3.33. The summed E-state index contributed by atoms with van der Waals surface area (Å²) >= 11 is 5.81. The summed E-state index contributed by atoms with van der Waals surface area (Å²) in [6, 6.07) is 0. The Morgan fingerprint density at radius 1 is 1.44 bits per heavy atom. The second-order valence-corrected chi connectivity index (χ2v) is 5.12. The average molecular weight is 270 g/mol. The number of nitrogens with zero attached hydrogens (tertiary/aromatic N) is 3. The molecular formula is C13H20ClN3O. The Morgan fingerprint density at radius 3 is 2.78 bits per heavy atom. The van der Waals surface area contributed by atoms with Crippen molar-refractivity contribution in [2.45, 2.75) is 25.6 Å². The van der Waals surface area contributed by atoms with Crippen molar-refractivity contribution >= 4 is 17.5 Å². The molecular weight excluding hydrogens is 250 g/mol. The number of hydrogen-bond donors (Lipinski definition) is 0. The highest BCUT2D eigenvalue weighted by Crippen LogP contribution is 2.18. The Morgan fingerprint density at radius 2 is 2.17 bits per heavy atom. The first-order valence-corrected chi connectivity index (χ1v) is 6.91. The fraction of sp³-hybridized carbons (Fsp3) is 0.692. The summed E-state index contributed by atoms with van der Waals surface area (Å²) in [7, 11) is 2.05. The molecule has 1 aliphatic heterocycles. The Balaban J connectivity index is 1.99. The summed E-state index contributed by atoms with van der Waals surface area (Å²) in [5.74, 6) is 1.93. The molecule has 2 heterocycles.